The Morgan fingerprint density at radius 1 is 1.71 bits per heavy atom. The van der Waals surface area contributed by atoms with Crippen LogP contribution >= 0.6 is 45.2 Å². The van der Waals surface area contributed by atoms with E-state index < -0.39 is 0 Å². The molecule has 0 spiro atoms. The third-order valence-electron chi connectivity index (χ3n) is 0.450. The van der Waals surface area contributed by atoms with Crippen molar-refractivity contribution in [1.29, 1.82) is 0 Å². The topological polar surface area (TPSA) is 20.2 Å². The van der Waals surface area contributed by atoms with Crippen molar-refractivity contribution < 1.29 is 5.11 Å². The van der Waals surface area contributed by atoms with Gasteiger partial charge in [-0.15, -0.1) is 0 Å². The van der Waals surface area contributed by atoms with Gasteiger partial charge in [-0.1, -0.05) is 28.7 Å². The molecule has 0 saturated heterocycles. The number of hydrogen-bond donors (Lipinski definition) is 1. The van der Waals surface area contributed by atoms with E-state index in [4.69, 9.17) is 5.11 Å². The van der Waals surface area contributed by atoms with Gasteiger partial charge in [-0.3, -0.25) is 0 Å². The quantitative estimate of drug-likeness (QED) is 0.606. The normalized spacial score (nSPS) is 12.1. The number of allylic oxidation sites excluding steroid dienone is 1. The van der Waals surface area contributed by atoms with Gasteiger partial charge < -0.3 is 5.11 Å². The highest BCUT2D eigenvalue weighted by Crippen LogP contribution is 2.03. The fourth-order valence-corrected chi connectivity index (χ4v) is 1.74. The second kappa shape index (κ2) is 5.30. The minimum absolute atomic E-state index is 0.184. The Morgan fingerprint density at radius 3 is 2.43 bits per heavy atom. The van der Waals surface area contributed by atoms with Crippen LogP contribution in [0.3, 0.4) is 0 Å². The van der Waals surface area contributed by atoms with Gasteiger partial charge in [0.05, 0.1) is 6.61 Å². The molecule has 1 nitrogen and oxygen atoms in total. The van der Waals surface area contributed by atoms with Gasteiger partial charge in [0.15, 0.2) is 0 Å². The van der Waals surface area contributed by atoms with Crippen molar-refractivity contribution in [1.82, 2.24) is 0 Å². The van der Waals surface area contributed by atoms with Crippen LogP contribution in [0.15, 0.2) is 9.66 Å². The van der Waals surface area contributed by atoms with Crippen molar-refractivity contribution in [2.45, 2.75) is 0 Å². The molecule has 3 heteroatoms. The lowest BCUT2D eigenvalue weighted by Crippen LogP contribution is -1.78. The van der Waals surface area contributed by atoms with Crippen molar-refractivity contribution in [3.63, 3.8) is 0 Å². The third-order valence-corrected chi connectivity index (χ3v) is 1.67. The van der Waals surface area contributed by atoms with Crippen LogP contribution < -0.4 is 0 Å². The lowest BCUT2D eigenvalue weighted by Gasteiger charge is -1.85. The maximum Gasteiger partial charge on any atom is 0.0735 e. The van der Waals surface area contributed by atoms with Crippen molar-refractivity contribution in [2.24, 2.45) is 0 Å². The molecule has 0 unspecified atom stereocenters. The first kappa shape index (κ1) is 8.16. The molecule has 0 atom stereocenters. The first-order valence-corrected chi connectivity index (χ1v) is 4.43. The average Bonchev–Trinajstić information content (AvgIpc) is 1.68. The number of rotatable bonds is 2. The maximum absolute atomic E-state index is 8.39. The van der Waals surface area contributed by atoms with Crippen LogP contribution in [-0.4, -0.2) is 16.1 Å². The molecule has 7 heavy (non-hydrogen) atoms. The van der Waals surface area contributed by atoms with Gasteiger partial charge in [0.25, 0.3) is 0 Å². The van der Waals surface area contributed by atoms with E-state index in [1.54, 1.807) is 0 Å². The smallest absolute Gasteiger partial charge is 0.0735 e. The Morgan fingerprint density at radius 2 is 2.29 bits per heavy atom. The zero-order valence-electron chi connectivity index (χ0n) is 3.69. The number of halogens is 2. The highest BCUT2D eigenvalue weighted by atomic mass is 127. The van der Waals surface area contributed by atoms with E-state index in [1.807, 2.05) is 6.08 Å². The molecule has 0 aromatic carbocycles. The molecule has 0 amide bonds. The molecule has 0 heterocycles. The zero-order valence-corrected chi connectivity index (χ0v) is 8.01. The third kappa shape index (κ3) is 5.02. The predicted octanol–water partition coefficient (Wildman–Crippen LogP) is 1.73. The molecule has 0 aliphatic carbocycles. The monoisotopic (exact) mass is 324 g/mol. The summed E-state index contributed by atoms with van der Waals surface area (Å²) in [5, 5.41) is 8.39. The fourth-order valence-electron chi connectivity index (χ4n) is 0.148. The van der Waals surface area contributed by atoms with Crippen LogP contribution in [0.5, 0.6) is 0 Å². The number of aliphatic hydroxyl groups excluding tert-OH is 1. The molecule has 42 valence electrons. The van der Waals surface area contributed by atoms with Gasteiger partial charge in [0.1, 0.15) is 0 Å². The molecular weight excluding hydrogens is 318 g/mol. The van der Waals surface area contributed by atoms with Crippen LogP contribution in [0, 0.1) is 0 Å². The largest absolute Gasteiger partial charge is 0.391 e. The molecule has 0 fully saturated rings. The van der Waals surface area contributed by atoms with E-state index in [-0.39, 0.29) is 6.61 Å². The molecule has 0 aliphatic heterocycles. The van der Waals surface area contributed by atoms with Gasteiger partial charge in [-0.25, -0.2) is 0 Å². The number of alkyl halides is 1. The van der Waals surface area contributed by atoms with Gasteiger partial charge in [-0.2, -0.15) is 0 Å². The summed E-state index contributed by atoms with van der Waals surface area (Å²) in [6.07, 6.45) is 1.99. The molecule has 0 saturated carbocycles. The van der Waals surface area contributed by atoms with E-state index in [1.165, 1.54) is 0 Å². The summed E-state index contributed by atoms with van der Waals surface area (Å²) in [6, 6.07) is 0. The van der Waals surface area contributed by atoms with E-state index >= 15 is 0 Å². The molecule has 0 aromatic rings. The minimum Gasteiger partial charge on any atom is -0.391 e. The van der Waals surface area contributed by atoms with Crippen LogP contribution in [0.25, 0.3) is 0 Å². The van der Waals surface area contributed by atoms with Crippen molar-refractivity contribution in [2.75, 3.05) is 11.0 Å². The molecular formula is C4H6I2O. The summed E-state index contributed by atoms with van der Waals surface area (Å²) in [5.41, 5.74) is 0. The molecule has 0 bridgehead atoms. The van der Waals surface area contributed by atoms with Gasteiger partial charge in [0, 0.05) is 8.01 Å². The van der Waals surface area contributed by atoms with Crippen LogP contribution in [0.2, 0.25) is 0 Å². The van der Waals surface area contributed by atoms with Gasteiger partial charge in [-0.05, 0) is 22.6 Å². The van der Waals surface area contributed by atoms with Crippen molar-refractivity contribution >= 4 is 45.2 Å². The predicted molar refractivity (Wildman–Crippen MR) is 48.1 cm³/mol. The summed E-state index contributed by atoms with van der Waals surface area (Å²) in [6.45, 7) is 0.184. The van der Waals surface area contributed by atoms with Crippen LogP contribution in [0.1, 0.15) is 0 Å². The highest BCUT2D eigenvalue weighted by molar-refractivity contribution is 14.1. The Balaban J connectivity index is 3.29. The lowest BCUT2D eigenvalue weighted by molar-refractivity contribution is 0.341. The summed E-state index contributed by atoms with van der Waals surface area (Å²) < 4.78 is 2.00. The molecule has 0 aromatic heterocycles. The van der Waals surface area contributed by atoms with E-state index in [0.29, 0.717) is 0 Å². The SMILES string of the molecule is OC/C(I)=C/CI. The fraction of sp³-hybridized carbons (Fsp3) is 0.500. The standard InChI is InChI=1S/C4H6I2O/c5-2-1-4(6)3-7/h1,7H,2-3H2/b4-1-. The van der Waals surface area contributed by atoms with E-state index in [9.17, 15) is 0 Å². The first-order valence-electron chi connectivity index (χ1n) is 1.82. The Labute approximate surface area is 70.5 Å². The van der Waals surface area contributed by atoms with E-state index in [2.05, 4.69) is 45.2 Å². The Bertz CT molecular complexity index is 70.1. The van der Waals surface area contributed by atoms with E-state index in [0.717, 1.165) is 8.01 Å². The second-order valence-electron chi connectivity index (χ2n) is 0.963. The number of aliphatic hydroxyl groups is 1. The van der Waals surface area contributed by atoms with Crippen LogP contribution in [0.4, 0.5) is 0 Å². The lowest BCUT2D eigenvalue weighted by atomic mass is 10.6. The zero-order chi connectivity index (χ0) is 5.70. The van der Waals surface area contributed by atoms with Crippen molar-refractivity contribution in [3.05, 3.63) is 9.66 Å². The average molecular weight is 324 g/mol. The summed E-state index contributed by atoms with van der Waals surface area (Å²) in [4.78, 5) is 0. The van der Waals surface area contributed by atoms with Crippen LogP contribution in [-0.2, 0) is 0 Å². The van der Waals surface area contributed by atoms with Gasteiger partial charge in [0.2, 0.25) is 0 Å². The summed E-state index contributed by atoms with van der Waals surface area (Å²) >= 11 is 4.35. The molecule has 0 radical (unpaired) electrons. The summed E-state index contributed by atoms with van der Waals surface area (Å²) in [5.74, 6) is 0. The molecule has 0 aliphatic rings. The Hall–Kier alpha value is 1.16. The number of hydrogen-bond acceptors (Lipinski definition) is 1. The highest BCUT2D eigenvalue weighted by Gasteiger charge is 1.81. The first-order chi connectivity index (χ1) is 3.31. The molecule has 1 N–H and O–H groups in total. The van der Waals surface area contributed by atoms with Crippen molar-refractivity contribution in [3.8, 4) is 0 Å². The summed E-state index contributed by atoms with van der Waals surface area (Å²) in [7, 11) is 0. The minimum atomic E-state index is 0.184. The maximum atomic E-state index is 8.39. The Kier molecular flexibility index (Phi) is 6.18. The van der Waals surface area contributed by atoms with Gasteiger partial charge >= 0.3 is 0 Å². The molecule has 0 rings (SSSR count). The second-order valence-corrected chi connectivity index (χ2v) is 3.23.